The molecule has 0 aromatic carbocycles. The quantitative estimate of drug-likeness (QED) is 0.843. The predicted octanol–water partition coefficient (Wildman–Crippen LogP) is 2.54. The predicted molar refractivity (Wildman–Crippen MR) is 67.6 cm³/mol. The van der Waals surface area contributed by atoms with Crippen LogP contribution in [0.5, 0.6) is 0 Å². The lowest BCUT2D eigenvalue weighted by molar-refractivity contribution is 0.0689. The van der Waals surface area contributed by atoms with E-state index in [0.717, 1.165) is 31.5 Å². The normalized spacial score (nSPS) is 17.1. The molecule has 1 unspecified atom stereocenters. The Morgan fingerprint density at radius 3 is 2.61 bits per heavy atom. The smallest absolute Gasteiger partial charge is 0.358 e. The molecule has 0 saturated heterocycles. The lowest BCUT2D eigenvalue weighted by atomic mass is 9.99. The van der Waals surface area contributed by atoms with E-state index in [-0.39, 0.29) is 5.69 Å². The van der Waals surface area contributed by atoms with Crippen molar-refractivity contribution in [3.8, 4) is 0 Å². The van der Waals surface area contributed by atoms with Crippen LogP contribution in [0.15, 0.2) is 0 Å². The molecule has 0 aliphatic heterocycles. The average molecular weight is 251 g/mol. The van der Waals surface area contributed by atoms with E-state index in [1.54, 1.807) is 0 Å². The van der Waals surface area contributed by atoms with E-state index >= 15 is 0 Å². The van der Waals surface area contributed by atoms with Crippen LogP contribution in [-0.2, 0) is 6.54 Å². The maximum absolute atomic E-state index is 11.1. The summed E-state index contributed by atoms with van der Waals surface area (Å²) >= 11 is 0. The number of carboxylic acid groups (broad SMARTS) is 1. The minimum atomic E-state index is -0.959. The van der Waals surface area contributed by atoms with Crippen LogP contribution in [0, 0.1) is 11.8 Å². The molecule has 1 atom stereocenters. The minimum absolute atomic E-state index is 0.147. The highest BCUT2D eigenvalue weighted by Crippen LogP contribution is 2.41. The number of rotatable bonds is 6. The van der Waals surface area contributed by atoms with Gasteiger partial charge in [0.2, 0.25) is 0 Å². The van der Waals surface area contributed by atoms with Crippen molar-refractivity contribution >= 4 is 5.97 Å². The van der Waals surface area contributed by atoms with Crippen LogP contribution in [0.25, 0.3) is 0 Å². The second-order valence-corrected chi connectivity index (χ2v) is 5.82. The molecule has 0 radical (unpaired) electrons. The van der Waals surface area contributed by atoms with E-state index in [2.05, 4.69) is 31.1 Å². The summed E-state index contributed by atoms with van der Waals surface area (Å²) in [5.41, 5.74) is 0.979. The van der Waals surface area contributed by atoms with Gasteiger partial charge in [-0.15, -0.1) is 5.10 Å². The van der Waals surface area contributed by atoms with Crippen LogP contribution in [0.4, 0.5) is 0 Å². The summed E-state index contributed by atoms with van der Waals surface area (Å²) in [5, 5.41) is 17.0. The lowest BCUT2D eigenvalue weighted by Crippen LogP contribution is -2.14. The average Bonchev–Trinajstić information content (AvgIpc) is 2.99. The Balaban J connectivity index is 2.15. The third-order valence-electron chi connectivity index (χ3n) is 3.30. The molecule has 1 aliphatic rings. The number of aromatic carboxylic acids is 1. The zero-order chi connectivity index (χ0) is 13.3. The molecule has 0 spiro atoms. The highest BCUT2D eigenvalue weighted by atomic mass is 16.4. The number of hydrogen-bond acceptors (Lipinski definition) is 3. The molecule has 100 valence electrons. The van der Waals surface area contributed by atoms with Crippen LogP contribution >= 0.6 is 0 Å². The van der Waals surface area contributed by atoms with Gasteiger partial charge in [0.1, 0.15) is 0 Å². The van der Waals surface area contributed by atoms with E-state index in [1.807, 2.05) is 4.68 Å². The first-order valence-electron chi connectivity index (χ1n) is 6.65. The second-order valence-electron chi connectivity index (χ2n) is 5.82. The zero-order valence-corrected chi connectivity index (χ0v) is 11.3. The molecule has 1 aromatic rings. The molecule has 2 rings (SSSR count). The molecule has 5 nitrogen and oxygen atoms in total. The Kier molecular flexibility index (Phi) is 3.68. The molecule has 1 heterocycles. The molecule has 0 amide bonds. The molecule has 1 N–H and O–H groups in total. The fourth-order valence-corrected chi connectivity index (χ4v) is 2.54. The van der Waals surface area contributed by atoms with Gasteiger partial charge < -0.3 is 5.11 Å². The van der Waals surface area contributed by atoms with Gasteiger partial charge in [0, 0.05) is 12.5 Å². The molecule has 1 aliphatic carbocycles. The Hall–Kier alpha value is -1.39. The summed E-state index contributed by atoms with van der Waals surface area (Å²) in [6.45, 7) is 7.34. The van der Waals surface area contributed by atoms with Crippen LogP contribution < -0.4 is 0 Å². The molecule has 1 aromatic heterocycles. The van der Waals surface area contributed by atoms with Gasteiger partial charge in [-0.25, -0.2) is 9.48 Å². The van der Waals surface area contributed by atoms with E-state index in [9.17, 15) is 4.79 Å². The number of carbonyl (C=O) groups is 1. The molecule has 0 bridgehead atoms. The Morgan fingerprint density at radius 2 is 2.11 bits per heavy atom. The zero-order valence-electron chi connectivity index (χ0n) is 11.3. The standard InChI is InChI=1S/C13H21N3O2/c1-8(2)6-9(3)7-16-12(10-4-5-10)11(13(17)18)14-15-16/h8-10H,4-7H2,1-3H3,(H,17,18). The molecular weight excluding hydrogens is 230 g/mol. The van der Waals surface area contributed by atoms with E-state index in [0.29, 0.717) is 17.8 Å². The monoisotopic (exact) mass is 251 g/mol. The minimum Gasteiger partial charge on any atom is -0.476 e. The summed E-state index contributed by atoms with van der Waals surface area (Å²) in [6.07, 6.45) is 3.24. The van der Waals surface area contributed by atoms with Gasteiger partial charge in [-0.1, -0.05) is 26.0 Å². The van der Waals surface area contributed by atoms with Gasteiger partial charge in [0.15, 0.2) is 5.69 Å². The molecule has 18 heavy (non-hydrogen) atoms. The summed E-state index contributed by atoms with van der Waals surface area (Å²) in [7, 11) is 0. The van der Waals surface area contributed by atoms with Crippen molar-refractivity contribution in [1.82, 2.24) is 15.0 Å². The fourth-order valence-electron chi connectivity index (χ4n) is 2.54. The summed E-state index contributed by atoms with van der Waals surface area (Å²) < 4.78 is 1.81. The van der Waals surface area contributed by atoms with Gasteiger partial charge in [-0.2, -0.15) is 0 Å². The Morgan fingerprint density at radius 1 is 1.44 bits per heavy atom. The van der Waals surface area contributed by atoms with Crippen LogP contribution in [0.2, 0.25) is 0 Å². The van der Waals surface area contributed by atoms with Crippen molar-refractivity contribution in [1.29, 1.82) is 0 Å². The van der Waals surface area contributed by atoms with E-state index in [1.165, 1.54) is 0 Å². The van der Waals surface area contributed by atoms with Crippen LogP contribution in [-0.4, -0.2) is 26.1 Å². The van der Waals surface area contributed by atoms with Gasteiger partial charge >= 0.3 is 5.97 Å². The lowest BCUT2D eigenvalue weighted by Gasteiger charge is -2.15. The highest BCUT2D eigenvalue weighted by Gasteiger charge is 2.33. The first-order valence-corrected chi connectivity index (χ1v) is 6.65. The first kappa shape index (κ1) is 13.1. The number of hydrogen-bond donors (Lipinski definition) is 1. The largest absolute Gasteiger partial charge is 0.476 e. The van der Waals surface area contributed by atoms with Crippen LogP contribution in [0.1, 0.15) is 62.1 Å². The third kappa shape index (κ3) is 2.89. The van der Waals surface area contributed by atoms with Crippen molar-refractivity contribution in [3.63, 3.8) is 0 Å². The summed E-state index contributed by atoms with van der Waals surface area (Å²) in [5.74, 6) is 0.537. The van der Waals surface area contributed by atoms with Gasteiger partial charge in [0.25, 0.3) is 0 Å². The highest BCUT2D eigenvalue weighted by molar-refractivity contribution is 5.86. The molecule has 1 saturated carbocycles. The topological polar surface area (TPSA) is 68.0 Å². The number of carboxylic acids is 1. The van der Waals surface area contributed by atoms with E-state index < -0.39 is 5.97 Å². The van der Waals surface area contributed by atoms with Crippen molar-refractivity contribution in [3.05, 3.63) is 11.4 Å². The van der Waals surface area contributed by atoms with Crippen molar-refractivity contribution in [2.24, 2.45) is 11.8 Å². The van der Waals surface area contributed by atoms with Gasteiger partial charge in [0.05, 0.1) is 5.69 Å². The Labute approximate surface area is 107 Å². The maximum atomic E-state index is 11.1. The number of aromatic nitrogens is 3. The first-order chi connectivity index (χ1) is 8.49. The molecule has 1 fully saturated rings. The molecule has 5 heteroatoms. The second kappa shape index (κ2) is 5.08. The summed E-state index contributed by atoms with van der Waals surface area (Å²) in [4.78, 5) is 11.1. The van der Waals surface area contributed by atoms with E-state index in [4.69, 9.17) is 5.11 Å². The van der Waals surface area contributed by atoms with Crippen LogP contribution in [0.3, 0.4) is 0 Å². The summed E-state index contributed by atoms with van der Waals surface area (Å²) in [6, 6.07) is 0. The van der Waals surface area contributed by atoms with Gasteiger partial charge in [-0.3, -0.25) is 0 Å². The third-order valence-corrected chi connectivity index (χ3v) is 3.30. The van der Waals surface area contributed by atoms with Gasteiger partial charge in [-0.05, 0) is 31.1 Å². The SMILES string of the molecule is CC(C)CC(C)Cn1nnc(C(=O)O)c1C1CC1. The van der Waals surface area contributed by atoms with Crippen molar-refractivity contribution in [2.75, 3.05) is 0 Å². The molecular formula is C13H21N3O2. The van der Waals surface area contributed by atoms with Crippen molar-refractivity contribution in [2.45, 2.75) is 52.5 Å². The Bertz CT molecular complexity index is 435. The number of nitrogens with zero attached hydrogens (tertiary/aromatic N) is 3. The van der Waals surface area contributed by atoms with Crippen molar-refractivity contribution < 1.29 is 9.90 Å². The maximum Gasteiger partial charge on any atom is 0.358 e. The fraction of sp³-hybridized carbons (Fsp3) is 0.769.